The van der Waals surface area contributed by atoms with Crippen molar-refractivity contribution in [3.05, 3.63) is 0 Å². The van der Waals surface area contributed by atoms with Crippen LogP contribution in [-0.4, -0.2) is 10.7 Å². The maximum absolute atomic E-state index is 11.1. The zero-order valence-corrected chi connectivity index (χ0v) is 10.1. The molecule has 2 rings (SSSR count). The van der Waals surface area contributed by atoms with E-state index in [0.717, 1.165) is 0 Å². The van der Waals surface area contributed by atoms with Gasteiger partial charge in [0.1, 0.15) is 0 Å². The predicted octanol–water partition coefficient (Wildman–Crippen LogP) is 3.36. The molecule has 0 aromatic rings. The van der Waals surface area contributed by atoms with Crippen molar-refractivity contribution < 1.29 is 5.11 Å². The van der Waals surface area contributed by atoms with Crippen LogP contribution in [0, 0.1) is 16.7 Å². The molecule has 0 amide bonds. The number of hydrogen-bond acceptors (Lipinski definition) is 1. The normalized spacial score (nSPS) is 52.7. The van der Waals surface area contributed by atoms with Crippen molar-refractivity contribution in [1.82, 2.24) is 0 Å². The summed E-state index contributed by atoms with van der Waals surface area (Å²) in [6.07, 6.45) is 6.19. The van der Waals surface area contributed by atoms with Gasteiger partial charge in [-0.05, 0) is 42.4 Å². The summed E-state index contributed by atoms with van der Waals surface area (Å²) in [5.41, 5.74) is -0.0411. The zero-order valence-electron chi connectivity index (χ0n) is 10.1. The molecule has 2 fully saturated rings. The Morgan fingerprint density at radius 1 is 0.929 bits per heavy atom. The summed E-state index contributed by atoms with van der Waals surface area (Å²) >= 11 is 0. The molecule has 1 nitrogen and oxygen atoms in total. The summed E-state index contributed by atoms with van der Waals surface area (Å²) in [5.74, 6) is 0.389. The lowest BCUT2D eigenvalue weighted by molar-refractivity contribution is -0.178. The average Bonchev–Trinajstić information content (AvgIpc) is 2.23. The van der Waals surface area contributed by atoms with Gasteiger partial charge in [0.15, 0.2) is 0 Å². The number of rotatable bonds is 1. The number of aliphatic hydroxyl groups is 1. The molecule has 0 saturated heterocycles. The molecular weight excluding hydrogens is 172 g/mol. The van der Waals surface area contributed by atoms with Crippen LogP contribution in [0.15, 0.2) is 0 Å². The van der Waals surface area contributed by atoms with Crippen LogP contribution in [0.2, 0.25) is 0 Å². The van der Waals surface area contributed by atoms with Crippen LogP contribution < -0.4 is 0 Å². The van der Waals surface area contributed by atoms with E-state index in [1.54, 1.807) is 0 Å². The van der Waals surface area contributed by atoms with Crippen molar-refractivity contribution in [2.75, 3.05) is 0 Å². The molecule has 2 bridgehead atoms. The van der Waals surface area contributed by atoms with Gasteiger partial charge >= 0.3 is 0 Å². The first-order chi connectivity index (χ1) is 6.36. The smallest absolute Gasteiger partial charge is 0.0776 e. The predicted molar refractivity (Wildman–Crippen MR) is 59.1 cm³/mol. The molecule has 2 aliphatic carbocycles. The number of fused-ring (bicyclic) bond motifs is 2. The van der Waals surface area contributed by atoms with Crippen molar-refractivity contribution in [3.8, 4) is 0 Å². The molecule has 14 heavy (non-hydrogen) atoms. The highest BCUT2D eigenvalue weighted by molar-refractivity contribution is 5.15. The lowest BCUT2D eigenvalue weighted by atomic mass is 9.55. The molecule has 2 aliphatic rings. The Bertz CT molecular complexity index is 228. The van der Waals surface area contributed by atoms with Crippen molar-refractivity contribution in [2.45, 2.75) is 65.4 Å². The first-order valence-electron chi connectivity index (χ1n) is 6.08. The molecule has 2 atom stereocenters. The van der Waals surface area contributed by atoms with Crippen LogP contribution in [0.25, 0.3) is 0 Å². The van der Waals surface area contributed by atoms with Crippen LogP contribution in [0.3, 0.4) is 0 Å². The van der Waals surface area contributed by atoms with Crippen LogP contribution >= 0.6 is 0 Å². The Labute approximate surface area is 87.9 Å². The van der Waals surface area contributed by atoms with Gasteiger partial charge in [-0.15, -0.1) is 0 Å². The van der Waals surface area contributed by atoms with Crippen LogP contribution in [0.5, 0.6) is 0 Å². The summed E-state index contributed by atoms with van der Waals surface area (Å²) in [6, 6.07) is 0. The molecule has 82 valence electrons. The third kappa shape index (κ3) is 0.946. The lowest BCUT2D eigenvalue weighted by Gasteiger charge is -2.54. The second-order valence-corrected chi connectivity index (χ2v) is 6.40. The minimum Gasteiger partial charge on any atom is -0.388 e. The molecule has 0 aliphatic heterocycles. The van der Waals surface area contributed by atoms with Crippen LogP contribution in [-0.2, 0) is 0 Å². The third-order valence-corrected chi connectivity index (χ3v) is 5.36. The standard InChI is InChI=1S/C13H24O/c1-10(2)13(14)11(3)6-5-7-12(13,4)9-8-11/h10,14H,5-9H2,1-4H3. The molecule has 2 unspecified atom stereocenters. The van der Waals surface area contributed by atoms with E-state index in [4.69, 9.17) is 0 Å². The highest BCUT2D eigenvalue weighted by atomic mass is 16.3. The molecule has 1 heteroatoms. The molecule has 0 aromatic carbocycles. The second kappa shape index (κ2) is 2.75. The van der Waals surface area contributed by atoms with Gasteiger partial charge in [-0.3, -0.25) is 0 Å². The quantitative estimate of drug-likeness (QED) is 0.682. The summed E-state index contributed by atoms with van der Waals surface area (Å²) in [7, 11) is 0. The van der Waals surface area contributed by atoms with E-state index >= 15 is 0 Å². The van der Waals surface area contributed by atoms with E-state index in [-0.39, 0.29) is 10.8 Å². The highest BCUT2D eigenvalue weighted by Gasteiger charge is 2.65. The van der Waals surface area contributed by atoms with E-state index in [9.17, 15) is 5.11 Å². The molecule has 0 spiro atoms. The minimum atomic E-state index is -0.418. The molecular formula is C13H24O. The van der Waals surface area contributed by atoms with Gasteiger partial charge in [0.05, 0.1) is 5.60 Å². The molecule has 1 N–H and O–H groups in total. The maximum atomic E-state index is 11.1. The fourth-order valence-corrected chi connectivity index (χ4v) is 4.56. The van der Waals surface area contributed by atoms with Gasteiger partial charge in [-0.1, -0.05) is 34.1 Å². The lowest BCUT2D eigenvalue weighted by Crippen LogP contribution is -2.58. The SMILES string of the molecule is CC(C)C1(O)C2(C)CCCC1(C)CC2. The van der Waals surface area contributed by atoms with E-state index in [0.29, 0.717) is 5.92 Å². The molecule has 0 radical (unpaired) electrons. The number of hydrogen-bond donors (Lipinski definition) is 1. The second-order valence-electron chi connectivity index (χ2n) is 6.40. The summed E-state index contributed by atoms with van der Waals surface area (Å²) in [6.45, 7) is 8.98. The van der Waals surface area contributed by atoms with Crippen LogP contribution in [0.1, 0.15) is 59.8 Å². The van der Waals surface area contributed by atoms with Crippen molar-refractivity contribution in [1.29, 1.82) is 0 Å². The Hall–Kier alpha value is -0.0400. The third-order valence-electron chi connectivity index (χ3n) is 5.36. The largest absolute Gasteiger partial charge is 0.388 e. The Balaban J connectivity index is 2.47. The van der Waals surface area contributed by atoms with E-state index < -0.39 is 5.60 Å². The topological polar surface area (TPSA) is 20.2 Å². The molecule has 0 heterocycles. The molecule has 2 saturated carbocycles. The van der Waals surface area contributed by atoms with Gasteiger partial charge in [0.25, 0.3) is 0 Å². The van der Waals surface area contributed by atoms with Gasteiger partial charge in [0, 0.05) is 0 Å². The monoisotopic (exact) mass is 196 g/mol. The van der Waals surface area contributed by atoms with E-state index in [1.165, 1.54) is 32.1 Å². The van der Waals surface area contributed by atoms with Gasteiger partial charge in [0.2, 0.25) is 0 Å². The first kappa shape index (κ1) is 10.5. The van der Waals surface area contributed by atoms with Crippen molar-refractivity contribution in [2.24, 2.45) is 16.7 Å². The van der Waals surface area contributed by atoms with E-state index in [2.05, 4.69) is 27.7 Å². The Morgan fingerprint density at radius 2 is 1.36 bits per heavy atom. The fraction of sp³-hybridized carbons (Fsp3) is 1.00. The minimum absolute atomic E-state index is 0.189. The van der Waals surface area contributed by atoms with Gasteiger partial charge in [-0.25, -0.2) is 0 Å². The zero-order chi connectivity index (χ0) is 10.6. The van der Waals surface area contributed by atoms with Crippen molar-refractivity contribution >= 4 is 0 Å². The van der Waals surface area contributed by atoms with Gasteiger partial charge in [-0.2, -0.15) is 0 Å². The Kier molecular flexibility index (Phi) is 2.06. The summed E-state index contributed by atoms with van der Waals surface area (Å²) in [4.78, 5) is 0. The van der Waals surface area contributed by atoms with Crippen LogP contribution in [0.4, 0.5) is 0 Å². The van der Waals surface area contributed by atoms with E-state index in [1.807, 2.05) is 0 Å². The highest BCUT2D eigenvalue weighted by Crippen LogP contribution is 2.66. The summed E-state index contributed by atoms with van der Waals surface area (Å²) in [5, 5.41) is 11.1. The Morgan fingerprint density at radius 3 is 1.64 bits per heavy atom. The van der Waals surface area contributed by atoms with Crippen molar-refractivity contribution in [3.63, 3.8) is 0 Å². The molecule has 0 aromatic heterocycles. The van der Waals surface area contributed by atoms with Gasteiger partial charge < -0.3 is 5.11 Å². The fourth-order valence-electron chi connectivity index (χ4n) is 4.56. The summed E-state index contributed by atoms with van der Waals surface area (Å²) < 4.78 is 0. The maximum Gasteiger partial charge on any atom is 0.0776 e. The first-order valence-corrected chi connectivity index (χ1v) is 6.08. The average molecular weight is 196 g/mol.